The quantitative estimate of drug-likeness (QED) is 0.788. The maximum Gasteiger partial charge on any atom is 0.0244 e. The fourth-order valence-electron chi connectivity index (χ4n) is 3.10. The Morgan fingerprint density at radius 1 is 1.25 bits per heavy atom. The van der Waals surface area contributed by atoms with Crippen LogP contribution in [0.15, 0.2) is 0 Å². The molecule has 2 rings (SSSR count). The van der Waals surface area contributed by atoms with Gasteiger partial charge in [0.15, 0.2) is 0 Å². The first-order chi connectivity index (χ1) is 7.55. The molecule has 2 aliphatic rings. The molecule has 0 amide bonds. The van der Waals surface area contributed by atoms with Gasteiger partial charge in [0.2, 0.25) is 0 Å². The lowest BCUT2D eigenvalue weighted by Crippen LogP contribution is -2.55. The third-order valence-corrected chi connectivity index (χ3v) is 4.80. The van der Waals surface area contributed by atoms with Gasteiger partial charge in [0, 0.05) is 32.2 Å². The van der Waals surface area contributed by atoms with Crippen molar-refractivity contribution in [2.45, 2.75) is 46.6 Å². The molecule has 2 nitrogen and oxygen atoms in total. The number of nitrogens with one attached hydrogen (secondary N) is 1. The third kappa shape index (κ3) is 2.43. The summed E-state index contributed by atoms with van der Waals surface area (Å²) >= 11 is 0. The van der Waals surface area contributed by atoms with Crippen molar-refractivity contribution in [2.75, 3.05) is 26.2 Å². The molecule has 2 heteroatoms. The van der Waals surface area contributed by atoms with Gasteiger partial charge in [-0.2, -0.15) is 0 Å². The summed E-state index contributed by atoms with van der Waals surface area (Å²) in [5.41, 5.74) is 0.671. The Bertz CT molecular complexity index is 231. The van der Waals surface area contributed by atoms with Gasteiger partial charge in [-0.15, -0.1) is 0 Å². The summed E-state index contributed by atoms with van der Waals surface area (Å²) in [4.78, 5) is 2.76. The number of hydrogen-bond acceptors (Lipinski definition) is 2. The second-order valence-corrected chi connectivity index (χ2v) is 6.50. The molecule has 0 aromatic heterocycles. The number of piperazine rings is 1. The number of nitrogens with zero attached hydrogens (tertiary/aromatic N) is 1. The maximum atomic E-state index is 3.54. The largest absolute Gasteiger partial charge is 0.314 e. The van der Waals surface area contributed by atoms with E-state index in [1.807, 2.05) is 0 Å². The number of rotatable bonds is 4. The highest BCUT2D eigenvalue weighted by Crippen LogP contribution is 2.52. The van der Waals surface area contributed by atoms with E-state index in [4.69, 9.17) is 0 Å². The fraction of sp³-hybridized carbons (Fsp3) is 1.00. The molecule has 1 aliphatic heterocycles. The molecule has 1 atom stereocenters. The number of hydrogen-bond donors (Lipinski definition) is 1. The third-order valence-electron chi connectivity index (χ3n) is 4.80. The van der Waals surface area contributed by atoms with E-state index < -0.39 is 0 Å². The van der Waals surface area contributed by atoms with Crippen LogP contribution in [0.5, 0.6) is 0 Å². The second-order valence-electron chi connectivity index (χ2n) is 6.50. The second kappa shape index (κ2) is 4.66. The van der Waals surface area contributed by atoms with E-state index in [2.05, 4.69) is 37.9 Å². The lowest BCUT2D eigenvalue weighted by Gasteiger charge is -2.41. The minimum absolute atomic E-state index is 0.671. The van der Waals surface area contributed by atoms with E-state index in [1.54, 1.807) is 0 Å². The van der Waals surface area contributed by atoms with Crippen molar-refractivity contribution >= 4 is 0 Å². The van der Waals surface area contributed by atoms with Crippen LogP contribution < -0.4 is 5.32 Å². The fourth-order valence-corrected chi connectivity index (χ4v) is 3.10. The zero-order valence-electron chi connectivity index (χ0n) is 11.4. The Labute approximate surface area is 101 Å². The van der Waals surface area contributed by atoms with E-state index in [-0.39, 0.29) is 0 Å². The van der Waals surface area contributed by atoms with Gasteiger partial charge in [-0.25, -0.2) is 0 Å². The minimum Gasteiger partial charge on any atom is -0.314 e. The van der Waals surface area contributed by atoms with E-state index in [0.29, 0.717) is 5.41 Å². The predicted molar refractivity (Wildman–Crippen MR) is 69.6 cm³/mol. The van der Waals surface area contributed by atoms with Crippen LogP contribution >= 0.6 is 0 Å². The van der Waals surface area contributed by atoms with Crippen LogP contribution in [0.4, 0.5) is 0 Å². The van der Waals surface area contributed by atoms with E-state index in [1.165, 1.54) is 39.0 Å². The van der Waals surface area contributed by atoms with Crippen molar-refractivity contribution in [1.29, 1.82) is 0 Å². The summed E-state index contributed by atoms with van der Waals surface area (Å²) in [6.45, 7) is 14.5. The molecule has 0 radical (unpaired) electrons. The topological polar surface area (TPSA) is 15.3 Å². The molecule has 2 fully saturated rings. The molecule has 1 saturated heterocycles. The van der Waals surface area contributed by atoms with Crippen molar-refractivity contribution in [3.8, 4) is 0 Å². The maximum absolute atomic E-state index is 3.54. The van der Waals surface area contributed by atoms with Crippen molar-refractivity contribution in [3.63, 3.8) is 0 Å². The van der Waals surface area contributed by atoms with Crippen LogP contribution in [0.3, 0.4) is 0 Å². The first kappa shape index (κ1) is 12.4. The molecule has 1 unspecified atom stereocenters. The average molecular weight is 224 g/mol. The van der Waals surface area contributed by atoms with Crippen molar-refractivity contribution in [2.24, 2.45) is 17.3 Å². The van der Waals surface area contributed by atoms with Crippen molar-refractivity contribution in [3.05, 3.63) is 0 Å². The summed E-state index contributed by atoms with van der Waals surface area (Å²) in [6.07, 6.45) is 2.92. The zero-order valence-corrected chi connectivity index (χ0v) is 11.4. The molecule has 0 bridgehead atoms. The van der Waals surface area contributed by atoms with Gasteiger partial charge >= 0.3 is 0 Å². The van der Waals surface area contributed by atoms with E-state index in [9.17, 15) is 0 Å². The van der Waals surface area contributed by atoms with Gasteiger partial charge < -0.3 is 5.32 Å². The Morgan fingerprint density at radius 2 is 1.94 bits per heavy atom. The Hall–Kier alpha value is -0.0800. The monoisotopic (exact) mass is 224 g/mol. The van der Waals surface area contributed by atoms with Gasteiger partial charge in [0.05, 0.1) is 0 Å². The Morgan fingerprint density at radius 3 is 2.44 bits per heavy atom. The lowest BCUT2D eigenvalue weighted by atomic mass is 9.90. The Kier molecular flexibility index (Phi) is 3.60. The molecule has 94 valence electrons. The molecule has 1 N–H and O–H groups in total. The smallest absolute Gasteiger partial charge is 0.0244 e. The predicted octanol–water partition coefficient (Wildman–Crippen LogP) is 2.35. The van der Waals surface area contributed by atoms with Crippen LogP contribution in [-0.4, -0.2) is 37.1 Å². The van der Waals surface area contributed by atoms with Crippen LogP contribution in [0, 0.1) is 17.3 Å². The SMILES string of the molecule is CC(C)C1CNCCN1CC1(C(C)C)CC1. The molecule has 16 heavy (non-hydrogen) atoms. The molecular weight excluding hydrogens is 196 g/mol. The summed E-state index contributed by atoms with van der Waals surface area (Å²) < 4.78 is 0. The van der Waals surface area contributed by atoms with Gasteiger partial charge in [-0.3, -0.25) is 4.90 Å². The molecule has 1 saturated carbocycles. The van der Waals surface area contributed by atoms with Crippen LogP contribution in [-0.2, 0) is 0 Å². The normalized spacial score (nSPS) is 30.0. The highest BCUT2D eigenvalue weighted by Gasteiger charge is 2.47. The van der Waals surface area contributed by atoms with Crippen LogP contribution in [0.25, 0.3) is 0 Å². The molecule has 0 aromatic rings. The van der Waals surface area contributed by atoms with Crippen LogP contribution in [0.1, 0.15) is 40.5 Å². The minimum atomic E-state index is 0.671. The van der Waals surface area contributed by atoms with Gasteiger partial charge in [-0.05, 0) is 30.1 Å². The lowest BCUT2D eigenvalue weighted by molar-refractivity contribution is 0.0861. The molecular formula is C14H28N2. The summed E-state index contributed by atoms with van der Waals surface area (Å²) in [6, 6.07) is 0.755. The van der Waals surface area contributed by atoms with E-state index >= 15 is 0 Å². The van der Waals surface area contributed by atoms with Gasteiger partial charge in [0.25, 0.3) is 0 Å². The molecule has 1 aliphatic carbocycles. The van der Waals surface area contributed by atoms with Crippen LogP contribution in [0.2, 0.25) is 0 Å². The highest BCUT2D eigenvalue weighted by atomic mass is 15.2. The average Bonchev–Trinajstić information content (AvgIpc) is 2.99. The van der Waals surface area contributed by atoms with Gasteiger partial charge in [-0.1, -0.05) is 27.7 Å². The Balaban J connectivity index is 1.96. The summed E-state index contributed by atoms with van der Waals surface area (Å²) in [7, 11) is 0. The standard InChI is InChI=1S/C14H28N2/c1-11(2)13-9-15-7-8-16(13)10-14(5-6-14)12(3)4/h11-13,15H,5-10H2,1-4H3. The van der Waals surface area contributed by atoms with Crippen molar-refractivity contribution < 1.29 is 0 Å². The van der Waals surface area contributed by atoms with E-state index in [0.717, 1.165) is 17.9 Å². The molecule has 0 spiro atoms. The highest BCUT2D eigenvalue weighted by molar-refractivity contribution is 4.99. The van der Waals surface area contributed by atoms with Crippen molar-refractivity contribution in [1.82, 2.24) is 10.2 Å². The summed E-state index contributed by atoms with van der Waals surface area (Å²) in [5.74, 6) is 1.63. The zero-order chi connectivity index (χ0) is 11.8. The van der Waals surface area contributed by atoms with Gasteiger partial charge in [0.1, 0.15) is 0 Å². The summed E-state index contributed by atoms with van der Waals surface area (Å²) in [5, 5.41) is 3.54. The first-order valence-electron chi connectivity index (χ1n) is 7.00. The molecule has 0 aromatic carbocycles. The molecule has 1 heterocycles. The first-order valence-corrected chi connectivity index (χ1v) is 7.00.